The highest BCUT2D eigenvalue weighted by molar-refractivity contribution is 5.48. The van der Waals surface area contributed by atoms with Crippen LogP contribution in [0.2, 0.25) is 0 Å². The fraction of sp³-hybridized carbons (Fsp3) is 0.267. The summed E-state index contributed by atoms with van der Waals surface area (Å²) in [5.41, 5.74) is 1.62. The highest BCUT2D eigenvalue weighted by Gasteiger charge is 2.08. The van der Waals surface area contributed by atoms with Crippen LogP contribution >= 0.6 is 0 Å². The number of aromatic nitrogens is 1. The van der Waals surface area contributed by atoms with Gasteiger partial charge in [0.1, 0.15) is 0 Å². The van der Waals surface area contributed by atoms with Crippen LogP contribution in [0, 0.1) is 5.82 Å². The van der Waals surface area contributed by atoms with Gasteiger partial charge in [0, 0.05) is 18.0 Å². The molecule has 19 heavy (non-hydrogen) atoms. The number of halogens is 1. The molecule has 0 aliphatic carbocycles. The van der Waals surface area contributed by atoms with Gasteiger partial charge in [-0.3, -0.25) is 4.98 Å². The normalized spacial score (nSPS) is 11.9. The van der Waals surface area contributed by atoms with Crippen LogP contribution in [0.4, 0.5) is 10.1 Å². The molecule has 1 unspecified atom stereocenters. The van der Waals surface area contributed by atoms with Crippen LogP contribution in [0.1, 0.15) is 25.6 Å². The molecule has 1 aromatic heterocycles. The van der Waals surface area contributed by atoms with Crippen LogP contribution in [0.5, 0.6) is 5.75 Å². The minimum Gasteiger partial charge on any atom is -0.491 e. The number of rotatable bonds is 5. The molecule has 0 amide bonds. The molecule has 0 aliphatic heterocycles. The Morgan fingerprint density at radius 2 is 2.16 bits per heavy atom. The molecule has 0 spiro atoms. The molecular weight excluding hydrogens is 243 g/mol. The first-order valence-corrected chi connectivity index (χ1v) is 6.30. The van der Waals surface area contributed by atoms with Crippen LogP contribution in [0.15, 0.2) is 42.6 Å². The Kier molecular flexibility index (Phi) is 4.34. The summed E-state index contributed by atoms with van der Waals surface area (Å²) in [6.45, 7) is 4.26. The standard InChI is InChI=1S/C15H17FN2O/c1-3-19-15-8-7-12(10-13(15)16)18-11(2)14-6-4-5-9-17-14/h4-11,18H,3H2,1-2H3. The van der Waals surface area contributed by atoms with E-state index in [4.69, 9.17) is 4.74 Å². The van der Waals surface area contributed by atoms with Crippen molar-refractivity contribution >= 4 is 5.69 Å². The summed E-state index contributed by atoms with van der Waals surface area (Å²) in [6.07, 6.45) is 1.74. The summed E-state index contributed by atoms with van der Waals surface area (Å²) >= 11 is 0. The molecule has 1 heterocycles. The van der Waals surface area contributed by atoms with Crippen LogP contribution in [-0.2, 0) is 0 Å². The van der Waals surface area contributed by atoms with Crippen LogP contribution in [-0.4, -0.2) is 11.6 Å². The molecule has 1 aromatic carbocycles. The molecular formula is C15H17FN2O. The predicted octanol–water partition coefficient (Wildman–Crippen LogP) is 3.79. The van der Waals surface area contributed by atoms with Gasteiger partial charge in [0.15, 0.2) is 11.6 Å². The number of benzene rings is 1. The van der Waals surface area contributed by atoms with Crippen molar-refractivity contribution in [2.24, 2.45) is 0 Å². The summed E-state index contributed by atoms with van der Waals surface area (Å²) in [6, 6.07) is 10.6. The Morgan fingerprint density at radius 3 is 2.79 bits per heavy atom. The van der Waals surface area contributed by atoms with Gasteiger partial charge in [0.25, 0.3) is 0 Å². The number of ether oxygens (including phenoxy) is 1. The number of pyridine rings is 1. The lowest BCUT2D eigenvalue weighted by Crippen LogP contribution is -2.08. The Labute approximate surface area is 112 Å². The molecule has 0 saturated heterocycles. The van der Waals surface area contributed by atoms with Crippen LogP contribution in [0.25, 0.3) is 0 Å². The monoisotopic (exact) mass is 260 g/mol. The summed E-state index contributed by atoms with van der Waals surface area (Å²) in [4.78, 5) is 4.26. The predicted molar refractivity (Wildman–Crippen MR) is 73.8 cm³/mol. The minimum absolute atomic E-state index is 0.0125. The van der Waals surface area contributed by atoms with Gasteiger partial charge >= 0.3 is 0 Å². The smallest absolute Gasteiger partial charge is 0.167 e. The molecule has 0 bridgehead atoms. The fourth-order valence-corrected chi connectivity index (χ4v) is 1.82. The van der Waals surface area contributed by atoms with E-state index < -0.39 is 0 Å². The van der Waals surface area contributed by atoms with E-state index in [2.05, 4.69) is 10.3 Å². The lowest BCUT2D eigenvalue weighted by Gasteiger charge is -2.15. The Bertz CT molecular complexity index is 531. The zero-order chi connectivity index (χ0) is 13.7. The second-order valence-electron chi connectivity index (χ2n) is 4.20. The lowest BCUT2D eigenvalue weighted by molar-refractivity contribution is 0.321. The summed E-state index contributed by atoms with van der Waals surface area (Å²) in [5.74, 6) is -0.0846. The van der Waals surface area contributed by atoms with E-state index >= 15 is 0 Å². The Morgan fingerprint density at radius 1 is 1.32 bits per heavy atom. The first-order valence-electron chi connectivity index (χ1n) is 6.30. The van der Waals surface area contributed by atoms with E-state index in [1.165, 1.54) is 6.07 Å². The molecule has 2 aromatic rings. The van der Waals surface area contributed by atoms with E-state index in [-0.39, 0.29) is 17.6 Å². The Balaban J connectivity index is 2.09. The Hall–Kier alpha value is -2.10. The van der Waals surface area contributed by atoms with Gasteiger partial charge in [-0.1, -0.05) is 6.07 Å². The maximum Gasteiger partial charge on any atom is 0.167 e. The van der Waals surface area contributed by atoms with Crippen molar-refractivity contribution in [2.45, 2.75) is 19.9 Å². The quantitative estimate of drug-likeness (QED) is 0.888. The van der Waals surface area contributed by atoms with Crippen molar-refractivity contribution in [1.29, 1.82) is 0 Å². The SMILES string of the molecule is CCOc1ccc(NC(C)c2ccccn2)cc1F. The second kappa shape index (κ2) is 6.18. The van der Waals surface area contributed by atoms with Gasteiger partial charge in [0.2, 0.25) is 0 Å². The number of nitrogens with zero attached hydrogens (tertiary/aromatic N) is 1. The zero-order valence-corrected chi connectivity index (χ0v) is 11.1. The van der Waals surface area contributed by atoms with E-state index in [1.807, 2.05) is 32.0 Å². The molecule has 1 N–H and O–H groups in total. The van der Waals surface area contributed by atoms with Crippen molar-refractivity contribution in [3.63, 3.8) is 0 Å². The molecule has 0 aliphatic rings. The third kappa shape index (κ3) is 3.44. The second-order valence-corrected chi connectivity index (χ2v) is 4.20. The van der Waals surface area contributed by atoms with E-state index in [0.717, 1.165) is 5.69 Å². The maximum absolute atomic E-state index is 13.7. The van der Waals surface area contributed by atoms with E-state index in [1.54, 1.807) is 18.3 Å². The van der Waals surface area contributed by atoms with Gasteiger partial charge in [-0.05, 0) is 38.1 Å². The van der Waals surface area contributed by atoms with Crippen molar-refractivity contribution in [2.75, 3.05) is 11.9 Å². The van der Waals surface area contributed by atoms with Gasteiger partial charge in [0.05, 0.1) is 18.3 Å². The molecule has 1 atom stereocenters. The van der Waals surface area contributed by atoms with Gasteiger partial charge in [-0.15, -0.1) is 0 Å². The third-order valence-electron chi connectivity index (χ3n) is 2.75. The summed E-state index contributed by atoms with van der Waals surface area (Å²) in [5, 5.41) is 3.21. The van der Waals surface area contributed by atoms with E-state index in [0.29, 0.717) is 12.3 Å². The zero-order valence-electron chi connectivity index (χ0n) is 11.1. The maximum atomic E-state index is 13.7. The average Bonchev–Trinajstić information content (AvgIpc) is 2.43. The largest absolute Gasteiger partial charge is 0.491 e. The minimum atomic E-state index is -0.361. The molecule has 0 fully saturated rings. The van der Waals surface area contributed by atoms with Crippen molar-refractivity contribution in [3.8, 4) is 5.75 Å². The van der Waals surface area contributed by atoms with Crippen molar-refractivity contribution in [1.82, 2.24) is 4.98 Å². The molecule has 100 valence electrons. The topological polar surface area (TPSA) is 34.1 Å². The molecule has 0 radical (unpaired) electrons. The highest BCUT2D eigenvalue weighted by Crippen LogP contribution is 2.24. The highest BCUT2D eigenvalue weighted by atomic mass is 19.1. The van der Waals surface area contributed by atoms with E-state index in [9.17, 15) is 4.39 Å². The van der Waals surface area contributed by atoms with Gasteiger partial charge < -0.3 is 10.1 Å². The first-order chi connectivity index (χ1) is 9.20. The number of anilines is 1. The van der Waals surface area contributed by atoms with Crippen molar-refractivity contribution < 1.29 is 9.13 Å². The third-order valence-corrected chi connectivity index (χ3v) is 2.75. The molecule has 3 nitrogen and oxygen atoms in total. The van der Waals surface area contributed by atoms with Crippen LogP contribution in [0.3, 0.4) is 0 Å². The number of hydrogen-bond acceptors (Lipinski definition) is 3. The molecule has 2 rings (SSSR count). The first kappa shape index (κ1) is 13.3. The number of nitrogens with one attached hydrogen (secondary N) is 1. The molecule has 0 saturated carbocycles. The van der Waals surface area contributed by atoms with Crippen molar-refractivity contribution in [3.05, 3.63) is 54.1 Å². The average molecular weight is 260 g/mol. The summed E-state index contributed by atoms with van der Waals surface area (Å²) in [7, 11) is 0. The lowest BCUT2D eigenvalue weighted by atomic mass is 10.2. The van der Waals surface area contributed by atoms with Gasteiger partial charge in [-0.2, -0.15) is 0 Å². The fourth-order valence-electron chi connectivity index (χ4n) is 1.82. The summed E-state index contributed by atoms with van der Waals surface area (Å²) < 4.78 is 18.9. The van der Waals surface area contributed by atoms with Gasteiger partial charge in [-0.25, -0.2) is 4.39 Å². The molecule has 4 heteroatoms. The van der Waals surface area contributed by atoms with Crippen LogP contribution < -0.4 is 10.1 Å². The number of hydrogen-bond donors (Lipinski definition) is 1.